The van der Waals surface area contributed by atoms with Crippen LogP contribution in [-0.4, -0.2) is 26.3 Å². The van der Waals surface area contributed by atoms with Crippen molar-refractivity contribution in [1.29, 1.82) is 0 Å². The second-order valence-electron chi connectivity index (χ2n) is 5.03. The van der Waals surface area contributed by atoms with Crippen LogP contribution in [0.25, 0.3) is 0 Å². The molecule has 1 N–H and O–H groups in total. The SMILES string of the molecule is CCC(OC)C(NC)C1CCCC(C)C1. The molecular formula is C13H27NO. The Morgan fingerprint density at radius 3 is 2.60 bits per heavy atom. The summed E-state index contributed by atoms with van der Waals surface area (Å²) in [5, 5.41) is 3.47. The highest BCUT2D eigenvalue weighted by molar-refractivity contribution is 4.85. The molecule has 0 radical (unpaired) electrons. The van der Waals surface area contributed by atoms with Crippen molar-refractivity contribution in [3.8, 4) is 0 Å². The van der Waals surface area contributed by atoms with Crippen molar-refractivity contribution in [2.75, 3.05) is 14.2 Å². The number of rotatable bonds is 5. The first-order valence-corrected chi connectivity index (χ1v) is 6.42. The van der Waals surface area contributed by atoms with Crippen LogP contribution in [0.3, 0.4) is 0 Å². The number of hydrogen-bond donors (Lipinski definition) is 1. The summed E-state index contributed by atoms with van der Waals surface area (Å²) >= 11 is 0. The number of ether oxygens (including phenoxy) is 1. The molecule has 0 bridgehead atoms. The summed E-state index contributed by atoms with van der Waals surface area (Å²) in [4.78, 5) is 0. The summed E-state index contributed by atoms with van der Waals surface area (Å²) in [5.41, 5.74) is 0. The Hall–Kier alpha value is -0.0800. The van der Waals surface area contributed by atoms with Crippen molar-refractivity contribution in [2.45, 2.75) is 58.1 Å². The lowest BCUT2D eigenvalue weighted by molar-refractivity contribution is 0.0351. The molecule has 0 aromatic carbocycles. The molecule has 0 saturated heterocycles. The van der Waals surface area contributed by atoms with Crippen molar-refractivity contribution in [1.82, 2.24) is 5.32 Å². The Morgan fingerprint density at radius 1 is 1.40 bits per heavy atom. The fourth-order valence-electron chi connectivity index (χ4n) is 3.10. The highest BCUT2D eigenvalue weighted by atomic mass is 16.5. The predicted molar refractivity (Wildman–Crippen MR) is 65.1 cm³/mol. The summed E-state index contributed by atoms with van der Waals surface area (Å²) in [6.07, 6.45) is 7.03. The number of hydrogen-bond acceptors (Lipinski definition) is 2. The van der Waals surface area contributed by atoms with Gasteiger partial charge in [0.25, 0.3) is 0 Å². The minimum Gasteiger partial charge on any atom is -0.380 e. The van der Waals surface area contributed by atoms with Gasteiger partial charge in [0.2, 0.25) is 0 Å². The van der Waals surface area contributed by atoms with E-state index in [0.29, 0.717) is 12.1 Å². The highest BCUT2D eigenvalue weighted by Gasteiger charge is 2.30. The normalized spacial score (nSPS) is 31.2. The van der Waals surface area contributed by atoms with Crippen LogP contribution < -0.4 is 5.32 Å². The van der Waals surface area contributed by atoms with Gasteiger partial charge in [0.1, 0.15) is 0 Å². The predicted octanol–water partition coefficient (Wildman–Crippen LogP) is 2.83. The summed E-state index contributed by atoms with van der Waals surface area (Å²) in [6.45, 7) is 4.59. The van der Waals surface area contributed by atoms with E-state index in [-0.39, 0.29) is 0 Å². The lowest BCUT2D eigenvalue weighted by Gasteiger charge is -2.36. The van der Waals surface area contributed by atoms with E-state index < -0.39 is 0 Å². The molecule has 4 atom stereocenters. The Morgan fingerprint density at radius 2 is 2.13 bits per heavy atom. The number of nitrogens with one attached hydrogen (secondary N) is 1. The van der Waals surface area contributed by atoms with Gasteiger partial charge in [-0.2, -0.15) is 0 Å². The van der Waals surface area contributed by atoms with Gasteiger partial charge >= 0.3 is 0 Å². The van der Waals surface area contributed by atoms with E-state index in [0.717, 1.165) is 18.3 Å². The first-order valence-electron chi connectivity index (χ1n) is 6.42. The molecule has 0 aromatic heterocycles. The third kappa shape index (κ3) is 3.46. The molecule has 1 aliphatic rings. The molecule has 0 aromatic rings. The van der Waals surface area contributed by atoms with Crippen LogP contribution in [0.5, 0.6) is 0 Å². The molecule has 1 aliphatic carbocycles. The van der Waals surface area contributed by atoms with Crippen LogP contribution in [-0.2, 0) is 4.74 Å². The summed E-state index contributed by atoms with van der Waals surface area (Å²) in [7, 11) is 3.91. The van der Waals surface area contributed by atoms with Crippen LogP contribution in [0.4, 0.5) is 0 Å². The fraction of sp³-hybridized carbons (Fsp3) is 1.00. The standard InChI is InChI=1S/C13H27NO/c1-5-12(15-4)13(14-3)11-8-6-7-10(2)9-11/h10-14H,5-9H2,1-4H3. The summed E-state index contributed by atoms with van der Waals surface area (Å²) in [5.74, 6) is 1.71. The maximum Gasteiger partial charge on any atom is 0.0724 e. The van der Waals surface area contributed by atoms with E-state index in [1.807, 2.05) is 7.11 Å². The third-order valence-corrected chi connectivity index (χ3v) is 3.92. The zero-order valence-corrected chi connectivity index (χ0v) is 10.8. The molecule has 2 heteroatoms. The first kappa shape index (κ1) is 13.0. The topological polar surface area (TPSA) is 21.3 Å². The monoisotopic (exact) mass is 213 g/mol. The second-order valence-corrected chi connectivity index (χ2v) is 5.03. The maximum absolute atomic E-state index is 5.58. The lowest BCUT2D eigenvalue weighted by atomic mass is 9.77. The van der Waals surface area contributed by atoms with Crippen LogP contribution in [0.1, 0.15) is 46.0 Å². The van der Waals surface area contributed by atoms with Crippen molar-refractivity contribution < 1.29 is 4.74 Å². The van der Waals surface area contributed by atoms with E-state index in [9.17, 15) is 0 Å². The van der Waals surface area contributed by atoms with Crippen molar-refractivity contribution >= 4 is 0 Å². The van der Waals surface area contributed by atoms with E-state index >= 15 is 0 Å². The van der Waals surface area contributed by atoms with Crippen LogP contribution in [0.2, 0.25) is 0 Å². The fourth-order valence-corrected chi connectivity index (χ4v) is 3.10. The minimum atomic E-state index is 0.380. The molecule has 0 aliphatic heterocycles. The molecule has 1 rings (SSSR count). The van der Waals surface area contributed by atoms with Gasteiger partial charge in [-0.3, -0.25) is 0 Å². The molecular weight excluding hydrogens is 186 g/mol. The molecule has 1 fully saturated rings. The van der Waals surface area contributed by atoms with Gasteiger partial charge in [-0.05, 0) is 38.1 Å². The minimum absolute atomic E-state index is 0.380. The zero-order valence-electron chi connectivity index (χ0n) is 10.8. The Bertz CT molecular complexity index is 168. The molecule has 2 nitrogen and oxygen atoms in total. The third-order valence-electron chi connectivity index (χ3n) is 3.92. The quantitative estimate of drug-likeness (QED) is 0.758. The Labute approximate surface area is 94.8 Å². The summed E-state index contributed by atoms with van der Waals surface area (Å²) in [6, 6.07) is 0.544. The van der Waals surface area contributed by atoms with Crippen LogP contribution in [0.15, 0.2) is 0 Å². The van der Waals surface area contributed by atoms with E-state index in [1.54, 1.807) is 0 Å². The van der Waals surface area contributed by atoms with Gasteiger partial charge in [0.05, 0.1) is 6.10 Å². The average molecular weight is 213 g/mol. The van der Waals surface area contributed by atoms with Crippen molar-refractivity contribution in [3.05, 3.63) is 0 Å². The van der Waals surface area contributed by atoms with Gasteiger partial charge in [-0.15, -0.1) is 0 Å². The van der Waals surface area contributed by atoms with Crippen LogP contribution in [0, 0.1) is 11.8 Å². The van der Waals surface area contributed by atoms with E-state index in [4.69, 9.17) is 4.74 Å². The first-order chi connectivity index (χ1) is 7.22. The largest absolute Gasteiger partial charge is 0.380 e. The van der Waals surface area contributed by atoms with Crippen LogP contribution >= 0.6 is 0 Å². The second kappa shape index (κ2) is 6.49. The van der Waals surface area contributed by atoms with Gasteiger partial charge in [-0.25, -0.2) is 0 Å². The van der Waals surface area contributed by atoms with Crippen molar-refractivity contribution in [3.63, 3.8) is 0 Å². The molecule has 15 heavy (non-hydrogen) atoms. The number of likely N-dealkylation sites (N-methyl/N-ethyl adjacent to an activating group) is 1. The van der Waals surface area contributed by atoms with E-state index in [1.165, 1.54) is 25.7 Å². The van der Waals surface area contributed by atoms with Gasteiger partial charge < -0.3 is 10.1 Å². The highest BCUT2D eigenvalue weighted by Crippen LogP contribution is 2.32. The molecule has 4 unspecified atom stereocenters. The molecule has 0 spiro atoms. The Kier molecular flexibility index (Phi) is 5.62. The van der Waals surface area contributed by atoms with E-state index in [2.05, 4.69) is 26.2 Å². The zero-order chi connectivity index (χ0) is 11.3. The van der Waals surface area contributed by atoms with Crippen molar-refractivity contribution in [2.24, 2.45) is 11.8 Å². The molecule has 0 heterocycles. The summed E-state index contributed by atoms with van der Waals surface area (Å²) < 4.78 is 5.58. The average Bonchev–Trinajstić information content (AvgIpc) is 2.25. The lowest BCUT2D eigenvalue weighted by Crippen LogP contribution is -2.45. The maximum atomic E-state index is 5.58. The molecule has 1 saturated carbocycles. The van der Waals surface area contributed by atoms with Gasteiger partial charge in [0, 0.05) is 13.2 Å². The number of methoxy groups -OCH3 is 1. The smallest absolute Gasteiger partial charge is 0.0724 e. The van der Waals surface area contributed by atoms with Gasteiger partial charge in [-0.1, -0.05) is 26.7 Å². The Balaban J connectivity index is 2.55. The molecule has 0 amide bonds. The van der Waals surface area contributed by atoms with Gasteiger partial charge in [0.15, 0.2) is 0 Å². The molecule has 90 valence electrons.